The average molecular weight is 343 g/mol. The van der Waals surface area contributed by atoms with Crippen LogP contribution in [0.25, 0.3) is 0 Å². The minimum atomic E-state index is -0.292. The second kappa shape index (κ2) is 8.24. The number of ether oxygens (including phenoxy) is 1. The predicted octanol–water partition coefficient (Wildman–Crippen LogP) is 2.00. The summed E-state index contributed by atoms with van der Waals surface area (Å²) in [4.78, 5) is 6.63. The fourth-order valence-electron chi connectivity index (χ4n) is 2.38. The van der Waals surface area contributed by atoms with E-state index in [4.69, 9.17) is 9.26 Å². The lowest BCUT2D eigenvalue weighted by Gasteiger charge is -2.32. The lowest BCUT2D eigenvalue weighted by Crippen LogP contribution is -2.49. The summed E-state index contributed by atoms with van der Waals surface area (Å²) in [5, 5.41) is 7.25. The second-order valence-corrected chi connectivity index (χ2v) is 5.37. The monoisotopic (exact) mass is 342 g/mol. The lowest BCUT2D eigenvalue weighted by atomic mass is 10.2. The van der Waals surface area contributed by atoms with E-state index in [0.29, 0.717) is 30.1 Å². The molecule has 1 aliphatic heterocycles. The van der Waals surface area contributed by atoms with Gasteiger partial charge in [0.25, 0.3) is 0 Å². The van der Waals surface area contributed by atoms with E-state index < -0.39 is 0 Å². The summed E-state index contributed by atoms with van der Waals surface area (Å²) >= 11 is 0. The van der Waals surface area contributed by atoms with E-state index in [2.05, 4.69) is 27.3 Å². The van der Waals surface area contributed by atoms with Gasteiger partial charge in [-0.05, 0) is 31.2 Å². The average Bonchev–Trinajstić information content (AvgIpc) is 2.97. The van der Waals surface area contributed by atoms with Gasteiger partial charge in [0.1, 0.15) is 11.6 Å². The molecule has 0 amide bonds. The molecule has 1 fully saturated rings. The topological polar surface area (TPSA) is 63.4 Å². The number of hydrogen-bond acceptors (Lipinski definition) is 6. The van der Waals surface area contributed by atoms with Gasteiger partial charge >= 0.3 is 0 Å². The number of hydrogen-bond donors (Lipinski definition) is 1. The van der Waals surface area contributed by atoms with Crippen molar-refractivity contribution in [1.82, 2.24) is 20.4 Å². The van der Waals surface area contributed by atoms with Crippen molar-refractivity contribution in [3.05, 3.63) is 41.8 Å². The summed E-state index contributed by atoms with van der Waals surface area (Å²) in [6.07, 6.45) is 0. The molecular formula is C15H20ClFN4O2. The van der Waals surface area contributed by atoms with Crippen molar-refractivity contribution in [2.24, 2.45) is 0 Å². The molecule has 126 valence electrons. The van der Waals surface area contributed by atoms with E-state index in [9.17, 15) is 4.39 Å². The van der Waals surface area contributed by atoms with Gasteiger partial charge in [0, 0.05) is 25.7 Å². The Kier molecular flexibility index (Phi) is 6.32. The zero-order valence-corrected chi connectivity index (χ0v) is 13.7. The van der Waals surface area contributed by atoms with Gasteiger partial charge in [0.2, 0.25) is 11.7 Å². The van der Waals surface area contributed by atoms with Crippen molar-refractivity contribution in [2.45, 2.75) is 26.1 Å². The van der Waals surface area contributed by atoms with Crippen LogP contribution in [-0.2, 0) is 13.2 Å². The molecule has 3 rings (SSSR count). The number of aromatic nitrogens is 2. The molecule has 0 unspecified atom stereocenters. The van der Waals surface area contributed by atoms with Crippen LogP contribution in [0.3, 0.4) is 0 Å². The molecule has 0 saturated carbocycles. The van der Waals surface area contributed by atoms with Gasteiger partial charge in [-0.2, -0.15) is 4.98 Å². The number of halogens is 2. The van der Waals surface area contributed by atoms with Crippen molar-refractivity contribution < 1.29 is 13.7 Å². The van der Waals surface area contributed by atoms with Gasteiger partial charge in [-0.25, -0.2) is 4.39 Å². The summed E-state index contributed by atoms with van der Waals surface area (Å²) in [6, 6.07) is 6.28. The van der Waals surface area contributed by atoms with Gasteiger partial charge in [-0.1, -0.05) is 5.16 Å². The van der Waals surface area contributed by atoms with Crippen LogP contribution in [0, 0.1) is 5.82 Å². The maximum Gasteiger partial charge on any atom is 0.240 e. The molecule has 1 aromatic heterocycles. The van der Waals surface area contributed by atoms with Crippen LogP contribution in [0.5, 0.6) is 5.75 Å². The van der Waals surface area contributed by atoms with E-state index in [0.717, 1.165) is 19.6 Å². The Morgan fingerprint density at radius 2 is 2.17 bits per heavy atom. The zero-order valence-electron chi connectivity index (χ0n) is 12.9. The molecule has 2 heterocycles. The van der Waals surface area contributed by atoms with Crippen LogP contribution in [-0.4, -0.2) is 40.7 Å². The highest BCUT2D eigenvalue weighted by Gasteiger charge is 2.20. The van der Waals surface area contributed by atoms with E-state index >= 15 is 0 Å². The van der Waals surface area contributed by atoms with E-state index in [-0.39, 0.29) is 24.8 Å². The summed E-state index contributed by atoms with van der Waals surface area (Å²) in [6.45, 7) is 5.92. The lowest BCUT2D eigenvalue weighted by molar-refractivity contribution is 0.146. The van der Waals surface area contributed by atoms with Crippen molar-refractivity contribution in [3.63, 3.8) is 0 Å². The van der Waals surface area contributed by atoms with Crippen LogP contribution in [0.15, 0.2) is 28.8 Å². The maximum atomic E-state index is 12.8. The fourth-order valence-corrected chi connectivity index (χ4v) is 2.38. The van der Waals surface area contributed by atoms with Crippen LogP contribution in [0.2, 0.25) is 0 Å². The molecule has 1 saturated heterocycles. The molecule has 2 aromatic rings. The minimum absolute atomic E-state index is 0. The standard InChI is InChI=1S/C15H19FN4O2.ClH/c1-11-8-17-6-7-20(11)9-15-18-14(19-22-15)10-21-13-4-2-12(16)3-5-13;/h2-5,11,17H,6-10H2,1H3;1H/t11-;/m0./s1. The number of benzene rings is 1. The summed E-state index contributed by atoms with van der Waals surface area (Å²) < 4.78 is 23.6. The third-order valence-corrected chi connectivity index (χ3v) is 3.67. The number of nitrogens with one attached hydrogen (secondary N) is 1. The molecule has 1 atom stereocenters. The van der Waals surface area contributed by atoms with Crippen LogP contribution in [0.4, 0.5) is 4.39 Å². The van der Waals surface area contributed by atoms with Crippen molar-refractivity contribution >= 4 is 12.4 Å². The fraction of sp³-hybridized carbons (Fsp3) is 0.467. The van der Waals surface area contributed by atoms with Crippen LogP contribution < -0.4 is 10.1 Å². The first-order chi connectivity index (χ1) is 10.7. The van der Waals surface area contributed by atoms with E-state index in [1.807, 2.05) is 0 Å². The van der Waals surface area contributed by atoms with Gasteiger partial charge in [0.05, 0.1) is 6.54 Å². The largest absolute Gasteiger partial charge is 0.485 e. The van der Waals surface area contributed by atoms with Crippen LogP contribution >= 0.6 is 12.4 Å². The third kappa shape index (κ3) is 4.89. The SMILES string of the molecule is C[C@H]1CNCCN1Cc1nc(COc2ccc(F)cc2)no1.Cl. The molecule has 23 heavy (non-hydrogen) atoms. The first-order valence-electron chi connectivity index (χ1n) is 7.35. The van der Waals surface area contributed by atoms with Gasteiger partial charge in [-0.15, -0.1) is 12.4 Å². The van der Waals surface area contributed by atoms with Crippen molar-refractivity contribution in [3.8, 4) is 5.75 Å². The molecule has 8 heteroatoms. The number of nitrogens with zero attached hydrogens (tertiary/aromatic N) is 3. The highest BCUT2D eigenvalue weighted by Crippen LogP contribution is 2.13. The van der Waals surface area contributed by atoms with Gasteiger partial charge < -0.3 is 14.6 Å². The Morgan fingerprint density at radius 3 is 2.91 bits per heavy atom. The van der Waals surface area contributed by atoms with Crippen LogP contribution in [0.1, 0.15) is 18.6 Å². The highest BCUT2D eigenvalue weighted by atomic mass is 35.5. The van der Waals surface area contributed by atoms with E-state index in [1.54, 1.807) is 12.1 Å². The van der Waals surface area contributed by atoms with Gasteiger partial charge in [0.15, 0.2) is 6.61 Å². The highest BCUT2D eigenvalue weighted by molar-refractivity contribution is 5.85. The molecule has 6 nitrogen and oxygen atoms in total. The van der Waals surface area contributed by atoms with Gasteiger partial charge in [-0.3, -0.25) is 4.90 Å². The number of rotatable bonds is 5. The molecule has 0 aliphatic carbocycles. The molecule has 1 aliphatic rings. The second-order valence-electron chi connectivity index (χ2n) is 5.37. The molecule has 0 bridgehead atoms. The smallest absolute Gasteiger partial charge is 0.240 e. The Hall–Kier alpha value is -1.70. The zero-order chi connectivity index (χ0) is 15.4. The number of piperazine rings is 1. The summed E-state index contributed by atoms with van der Waals surface area (Å²) in [7, 11) is 0. The van der Waals surface area contributed by atoms with Crippen molar-refractivity contribution in [2.75, 3.05) is 19.6 Å². The Bertz CT molecular complexity index is 608. The maximum absolute atomic E-state index is 12.8. The molecular weight excluding hydrogens is 323 g/mol. The summed E-state index contributed by atoms with van der Waals surface area (Å²) in [5.41, 5.74) is 0. The molecule has 1 N–H and O–H groups in total. The molecule has 1 aromatic carbocycles. The minimum Gasteiger partial charge on any atom is -0.485 e. The first-order valence-corrected chi connectivity index (χ1v) is 7.35. The molecule has 0 spiro atoms. The predicted molar refractivity (Wildman–Crippen MR) is 85.0 cm³/mol. The quantitative estimate of drug-likeness (QED) is 0.896. The molecule has 0 radical (unpaired) electrons. The Balaban J connectivity index is 0.00000192. The first kappa shape index (κ1) is 17.7. The summed E-state index contributed by atoms with van der Waals surface area (Å²) in [5.74, 6) is 1.36. The Morgan fingerprint density at radius 1 is 1.39 bits per heavy atom. The van der Waals surface area contributed by atoms with Crippen molar-refractivity contribution in [1.29, 1.82) is 0 Å². The third-order valence-electron chi connectivity index (χ3n) is 3.67. The Labute approximate surface area is 140 Å². The van der Waals surface area contributed by atoms with E-state index in [1.165, 1.54) is 12.1 Å². The normalized spacial score (nSPS) is 18.4.